The van der Waals surface area contributed by atoms with Crippen molar-refractivity contribution in [3.63, 3.8) is 0 Å². The molecule has 0 aliphatic rings. The fraction of sp³-hybridized carbons (Fsp3) is 0.905. The molecule has 0 aromatic carbocycles. The third kappa shape index (κ3) is 16.2. The molecule has 0 radical (unpaired) electrons. The first-order valence-electron chi connectivity index (χ1n) is 10.4. The van der Waals surface area contributed by atoms with Crippen molar-refractivity contribution in [2.45, 2.75) is 104 Å². The van der Waals surface area contributed by atoms with Gasteiger partial charge in [-0.3, -0.25) is 4.79 Å². The molecule has 0 spiro atoms. The molecule has 0 heterocycles. The van der Waals surface area contributed by atoms with Gasteiger partial charge in [0.25, 0.3) is 0 Å². The van der Waals surface area contributed by atoms with E-state index in [0.717, 1.165) is 12.8 Å². The van der Waals surface area contributed by atoms with Crippen LogP contribution in [0, 0.1) is 0 Å². The zero-order valence-electron chi connectivity index (χ0n) is 17.8. The zero-order valence-corrected chi connectivity index (χ0v) is 17.8. The predicted molar refractivity (Wildman–Crippen MR) is 106 cm³/mol. The van der Waals surface area contributed by atoms with Gasteiger partial charge in [-0.15, -0.1) is 0 Å². The highest BCUT2D eigenvalue weighted by atomic mass is 16.6. The van der Waals surface area contributed by atoms with E-state index in [2.05, 4.69) is 6.92 Å². The zero-order chi connectivity index (χ0) is 19.8. The number of nitrogens with zero attached hydrogens (tertiary/aromatic N) is 1. The Labute approximate surface area is 160 Å². The van der Waals surface area contributed by atoms with Gasteiger partial charge >= 0.3 is 12.1 Å². The minimum Gasteiger partial charge on any atom is -0.466 e. The van der Waals surface area contributed by atoms with Gasteiger partial charge in [0.2, 0.25) is 0 Å². The van der Waals surface area contributed by atoms with Gasteiger partial charge in [-0.1, -0.05) is 64.7 Å². The Morgan fingerprint density at radius 3 is 1.85 bits per heavy atom. The standard InChI is InChI=1S/C21H41NO4/c1-6-7-8-9-10-11-12-13-14-15-18-25-19(23)16-17-22(5)20(24)26-21(2,3)4/h6-18H2,1-5H3. The van der Waals surface area contributed by atoms with Gasteiger partial charge in [0, 0.05) is 13.6 Å². The first kappa shape index (κ1) is 24.7. The number of carbonyl (C=O) groups excluding carboxylic acids is 2. The Morgan fingerprint density at radius 2 is 1.35 bits per heavy atom. The van der Waals surface area contributed by atoms with Gasteiger partial charge in [0.15, 0.2) is 0 Å². The smallest absolute Gasteiger partial charge is 0.410 e. The third-order valence-corrected chi connectivity index (χ3v) is 4.12. The summed E-state index contributed by atoms with van der Waals surface area (Å²) in [6.07, 6.45) is 12.4. The van der Waals surface area contributed by atoms with E-state index in [9.17, 15) is 9.59 Å². The summed E-state index contributed by atoms with van der Waals surface area (Å²) in [6.45, 7) is 8.49. The molecular weight excluding hydrogens is 330 g/mol. The number of amides is 1. The molecule has 5 heteroatoms. The quantitative estimate of drug-likeness (QED) is 0.290. The third-order valence-electron chi connectivity index (χ3n) is 4.12. The molecule has 0 aliphatic carbocycles. The highest BCUT2D eigenvalue weighted by Crippen LogP contribution is 2.11. The number of ether oxygens (including phenoxy) is 2. The fourth-order valence-corrected chi connectivity index (χ4v) is 2.54. The predicted octanol–water partition coefficient (Wildman–Crippen LogP) is 5.71. The first-order chi connectivity index (χ1) is 12.3. The van der Waals surface area contributed by atoms with Crippen molar-refractivity contribution in [1.82, 2.24) is 4.90 Å². The molecule has 5 nitrogen and oxygen atoms in total. The Kier molecular flexibility index (Phi) is 14.1. The molecule has 0 saturated carbocycles. The van der Waals surface area contributed by atoms with Crippen LogP contribution in [0.1, 0.15) is 98.3 Å². The molecule has 1 amide bonds. The molecule has 0 aromatic rings. The number of hydrogen-bond acceptors (Lipinski definition) is 4. The monoisotopic (exact) mass is 371 g/mol. The minimum atomic E-state index is -0.526. The van der Waals surface area contributed by atoms with E-state index in [1.54, 1.807) is 7.05 Å². The lowest BCUT2D eigenvalue weighted by Gasteiger charge is -2.24. The molecule has 0 rings (SSSR count). The average molecular weight is 372 g/mol. The number of unbranched alkanes of at least 4 members (excludes halogenated alkanes) is 9. The number of rotatable bonds is 14. The highest BCUT2D eigenvalue weighted by Gasteiger charge is 2.20. The van der Waals surface area contributed by atoms with Crippen LogP contribution >= 0.6 is 0 Å². The average Bonchev–Trinajstić information content (AvgIpc) is 2.56. The first-order valence-corrected chi connectivity index (χ1v) is 10.4. The Morgan fingerprint density at radius 1 is 0.846 bits per heavy atom. The van der Waals surface area contributed by atoms with Crippen molar-refractivity contribution in [2.75, 3.05) is 20.2 Å². The molecule has 0 unspecified atom stereocenters. The van der Waals surface area contributed by atoms with Gasteiger partial charge in [-0.25, -0.2) is 4.79 Å². The van der Waals surface area contributed by atoms with Crippen LogP contribution in [0.5, 0.6) is 0 Å². The van der Waals surface area contributed by atoms with Gasteiger partial charge in [-0.2, -0.15) is 0 Å². The fourth-order valence-electron chi connectivity index (χ4n) is 2.54. The molecule has 0 aliphatic heterocycles. The molecule has 0 fully saturated rings. The lowest BCUT2D eigenvalue weighted by atomic mass is 10.1. The SMILES string of the molecule is CCCCCCCCCCCCOC(=O)CCN(C)C(=O)OC(C)(C)C. The van der Waals surface area contributed by atoms with Crippen LogP contribution in [-0.4, -0.2) is 42.8 Å². The van der Waals surface area contributed by atoms with Crippen molar-refractivity contribution >= 4 is 12.1 Å². The topological polar surface area (TPSA) is 55.8 Å². The molecular formula is C21H41NO4. The molecule has 0 aromatic heterocycles. The molecule has 0 saturated heterocycles. The Bertz CT molecular complexity index is 377. The maximum absolute atomic E-state index is 11.8. The Hall–Kier alpha value is -1.26. The van der Waals surface area contributed by atoms with Crippen LogP contribution in [0.15, 0.2) is 0 Å². The van der Waals surface area contributed by atoms with Crippen LogP contribution in [-0.2, 0) is 14.3 Å². The highest BCUT2D eigenvalue weighted by molar-refractivity contribution is 5.72. The molecule has 0 atom stereocenters. The van der Waals surface area contributed by atoms with E-state index >= 15 is 0 Å². The van der Waals surface area contributed by atoms with Crippen molar-refractivity contribution in [1.29, 1.82) is 0 Å². The number of carbonyl (C=O) groups is 2. The van der Waals surface area contributed by atoms with Crippen molar-refractivity contribution in [3.8, 4) is 0 Å². The maximum atomic E-state index is 11.8. The minimum absolute atomic E-state index is 0.202. The van der Waals surface area contributed by atoms with E-state index in [4.69, 9.17) is 9.47 Å². The van der Waals surface area contributed by atoms with E-state index in [-0.39, 0.29) is 12.4 Å². The summed E-state index contributed by atoms with van der Waals surface area (Å²) >= 11 is 0. The van der Waals surface area contributed by atoms with E-state index < -0.39 is 11.7 Å². The summed E-state index contributed by atoms with van der Waals surface area (Å²) in [4.78, 5) is 24.9. The summed E-state index contributed by atoms with van der Waals surface area (Å²) in [7, 11) is 1.63. The molecule has 0 bridgehead atoms. The maximum Gasteiger partial charge on any atom is 0.410 e. The lowest BCUT2D eigenvalue weighted by Crippen LogP contribution is -2.35. The summed E-state index contributed by atoms with van der Waals surface area (Å²) in [6, 6.07) is 0. The Balaban J connectivity index is 3.51. The van der Waals surface area contributed by atoms with E-state index in [0.29, 0.717) is 13.2 Å². The number of hydrogen-bond donors (Lipinski definition) is 0. The summed E-state index contributed by atoms with van der Waals surface area (Å²) in [5.74, 6) is -0.253. The number of esters is 1. The van der Waals surface area contributed by atoms with Crippen molar-refractivity contribution in [3.05, 3.63) is 0 Å². The molecule has 26 heavy (non-hydrogen) atoms. The van der Waals surface area contributed by atoms with Crippen LogP contribution in [0.4, 0.5) is 4.79 Å². The largest absolute Gasteiger partial charge is 0.466 e. The van der Waals surface area contributed by atoms with Gasteiger partial charge < -0.3 is 14.4 Å². The normalized spacial score (nSPS) is 11.3. The van der Waals surface area contributed by atoms with Crippen molar-refractivity contribution < 1.29 is 19.1 Å². The van der Waals surface area contributed by atoms with Crippen LogP contribution in [0.2, 0.25) is 0 Å². The summed E-state index contributed by atoms with van der Waals surface area (Å²) < 4.78 is 10.5. The van der Waals surface area contributed by atoms with E-state index in [1.807, 2.05) is 20.8 Å². The van der Waals surface area contributed by atoms with Crippen LogP contribution < -0.4 is 0 Å². The van der Waals surface area contributed by atoms with Crippen LogP contribution in [0.3, 0.4) is 0 Å². The second kappa shape index (κ2) is 14.9. The van der Waals surface area contributed by atoms with Crippen LogP contribution in [0.25, 0.3) is 0 Å². The van der Waals surface area contributed by atoms with Gasteiger partial charge in [0.1, 0.15) is 5.60 Å². The second-order valence-electron chi connectivity index (χ2n) is 8.05. The van der Waals surface area contributed by atoms with Gasteiger partial charge in [-0.05, 0) is 27.2 Å². The molecule has 154 valence electrons. The molecule has 0 N–H and O–H groups in total. The summed E-state index contributed by atoms with van der Waals surface area (Å²) in [5.41, 5.74) is -0.526. The van der Waals surface area contributed by atoms with Crippen molar-refractivity contribution in [2.24, 2.45) is 0 Å². The van der Waals surface area contributed by atoms with Gasteiger partial charge in [0.05, 0.1) is 13.0 Å². The lowest BCUT2D eigenvalue weighted by molar-refractivity contribution is -0.144. The van der Waals surface area contributed by atoms with E-state index in [1.165, 1.54) is 56.3 Å². The summed E-state index contributed by atoms with van der Waals surface area (Å²) in [5, 5.41) is 0. The second-order valence-corrected chi connectivity index (χ2v) is 8.05.